The highest BCUT2D eigenvalue weighted by atomic mass is 35.5. The molecule has 1 rings (SSSR count). The molecule has 1 heterocycles. The fourth-order valence-corrected chi connectivity index (χ4v) is 3.13. The average Bonchev–Trinajstić information content (AvgIpc) is 2.49. The van der Waals surface area contributed by atoms with Crippen molar-refractivity contribution in [3.05, 3.63) is 21.3 Å². The lowest BCUT2D eigenvalue weighted by Crippen LogP contribution is -2.45. The molecule has 0 aliphatic rings. The van der Waals surface area contributed by atoms with Crippen LogP contribution in [0.5, 0.6) is 0 Å². The van der Waals surface area contributed by atoms with Crippen LogP contribution in [0.15, 0.2) is 12.1 Å². The van der Waals surface area contributed by atoms with E-state index >= 15 is 0 Å². The minimum absolute atomic E-state index is 0.000262. The average molecular weight is 262 g/mol. The first-order chi connectivity index (χ1) is 7.34. The Morgan fingerprint density at radius 1 is 1.44 bits per heavy atom. The lowest BCUT2D eigenvalue weighted by molar-refractivity contribution is -0.00149. The van der Waals surface area contributed by atoms with Crippen molar-refractivity contribution in [3.8, 4) is 0 Å². The Kier molecular flexibility index (Phi) is 4.80. The maximum absolute atomic E-state index is 6.19. The standard InChI is InChI=1S/C12H20ClNOS/c1-12(2,3)11(15-4)9(14)7-8-5-6-10(13)16-8/h5-6,9,11H,7,14H2,1-4H3. The van der Waals surface area contributed by atoms with Crippen molar-refractivity contribution in [1.29, 1.82) is 0 Å². The number of thiophene rings is 1. The van der Waals surface area contributed by atoms with Gasteiger partial charge in [-0.2, -0.15) is 0 Å². The largest absolute Gasteiger partial charge is 0.379 e. The van der Waals surface area contributed by atoms with Crippen molar-refractivity contribution in [1.82, 2.24) is 0 Å². The van der Waals surface area contributed by atoms with Crippen LogP contribution in [-0.2, 0) is 11.2 Å². The van der Waals surface area contributed by atoms with Crippen LogP contribution in [0.25, 0.3) is 0 Å². The van der Waals surface area contributed by atoms with Gasteiger partial charge in [-0.15, -0.1) is 11.3 Å². The predicted molar refractivity (Wildman–Crippen MR) is 71.3 cm³/mol. The molecule has 0 saturated heterocycles. The molecule has 0 amide bonds. The van der Waals surface area contributed by atoms with Gasteiger partial charge in [-0.25, -0.2) is 0 Å². The number of methoxy groups -OCH3 is 1. The Morgan fingerprint density at radius 3 is 2.44 bits per heavy atom. The van der Waals surface area contributed by atoms with E-state index in [9.17, 15) is 0 Å². The van der Waals surface area contributed by atoms with Crippen LogP contribution in [-0.4, -0.2) is 19.3 Å². The van der Waals surface area contributed by atoms with Gasteiger partial charge < -0.3 is 10.5 Å². The molecular formula is C12H20ClNOS. The van der Waals surface area contributed by atoms with E-state index < -0.39 is 0 Å². The van der Waals surface area contributed by atoms with Crippen molar-refractivity contribution < 1.29 is 4.74 Å². The fraction of sp³-hybridized carbons (Fsp3) is 0.667. The zero-order valence-corrected chi connectivity index (χ0v) is 11.9. The van der Waals surface area contributed by atoms with E-state index in [1.54, 1.807) is 18.4 Å². The summed E-state index contributed by atoms with van der Waals surface area (Å²) < 4.78 is 6.31. The van der Waals surface area contributed by atoms with Gasteiger partial charge in [0.15, 0.2) is 0 Å². The van der Waals surface area contributed by atoms with E-state index in [1.165, 1.54) is 4.88 Å². The lowest BCUT2D eigenvalue weighted by Gasteiger charge is -2.33. The van der Waals surface area contributed by atoms with Crippen LogP contribution in [0.2, 0.25) is 4.34 Å². The summed E-state index contributed by atoms with van der Waals surface area (Å²) in [6.07, 6.45) is 0.862. The Morgan fingerprint density at radius 2 is 2.06 bits per heavy atom. The molecule has 92 valence electrons. The molecule has 0 saturated carbocycles. The molecule has 1 aromatic rings. The molecule has 1 aromatic heterocycles. The zero-order valence-electron chi connectivity index (χ0n) is 10.3. The molecule has 2 atom stereocenters. The van der Waals surface area contributed by atoms with Gasteiger partial charge in [0.05, 0.1) is 10.4 Å². The van der Waals surface area contributed by atoms with Crippen LogP contribution in [0.4, 0.5) is 0 Å². The minimum atomic E-state index is -0.000262. The minimum Gasteiger partial charge on any atom is -0.379 e. The van der Waals surface area contributed by atoms with Crippen LogP contribution < -0.4 is 5.73 Å². The van der Waals surface area contributed by atoms with Gasteiger partial charge in [0.1, 0.15) is 0 Å². The van der Waals surface area contributed by atoms with Gasteiger partial charge in [-0.1, -0.05) is 32.4 Å². The first-order valence-electron chi connectivity index (χ1n) is 5.37. The summed E-state index contributed by atoms with van der Waals surface area (Å²) in [5, 5.41) is 0. The molecule has 0 bridgehead atoms. The molecule has 0 aromatic carbocycles. The number of rotatable bonds is 4. The van der Waals surface area contributed by atoms with E-state index in [-0.39, 0.29) is 17.6 Å². The third-order valence-corrected chi connectivity index (χ3v) is 3.82. The second-order valence-electron chi connectivity index (χ2n) is 5.10. The van der Waals surface area contributed by atoms with Crippen molar-refractivity contribution >= 4 is 22.9 Å². The van der Waals surface area contributed by atoms with Crippen LogP contribution in [0.3, 0.4) is 0 Å². The third kappa shape index (κ3) is 3.74. The number of nitrogens with two attached hydrogens (primary N) is 1. The summed E-state index contributed by atoms with van der Waals surface area (Å²) in [6.45, 7) is 6.42. The Hall–Kier alpha value is -0.0900. The Bertz CT molecular complexity index is 332. The second kappa shape index (κ2) is 5.50. The van der Waals surface area contributed by atoms with Crippen molar-refractivity contribution in [3.63, 3.8) is 0 Å². The molecule has 0 aliphatic heterocycles. The van der Waals surface area contributed by atoms with Crippen molar-refractivity contribution in [2.45, 2.75) is 39.3 Å². The van der Waals surface area contributed by atoms with E-state index in [2.05, 4.69) is 20.8 Å². The summed E-state index contributed by atoms with van der Waals surface area (Å²) in [5.41, 5.74) is 6.25. The summed E-state index contributed by atoms with van der Waals surface area (Å²) in [6, 6.07) is 3.94. The number of ether oxygens (including phenoxy) is 1. The molecule has 16 heavy (non-hydrogen) atoms. The van der Waals surface area contributed by atoms with Crippen LogP contribution in [0.1, 0.15) is 25.6 Å². The Labute approximate surface area is 107 Å². The molecule has 0 spiro atoms. The lowest BCUT2D eigenvalue weighted by atomic mass is 9.83. The summed E-state index contributed by atoms with van der Waals surface area (Å²) in [7, 11) is 1.72. The molecule has 0 fully saturated rings. The molecular weight excluding hydrogens is 242 g/mol. The quantitative estimate of drug-likeness (QED) is 0.902. The van der Waals surface area contributed by atoms with Gasteiger partial charge in [0.25, 0.3) is 0 Å². The van der Waals surface area contributed by atoms with Crippen LogP contribution in [0, 0.1) is 5.41 Å². The number of hydrogen-bond acceptors (Lipinski definition) is 3. The smallest absolute Gasteiger partial charge is 0.0931 e. The first-order valence-corrected chi connectivity index (χ1v) is 6.56. The molecule has 0 aliphatic carbocycles. The van der Waals surface area contributed by atoms with E-state index in [4.69, 9.17) is 22.1 Å². The highest BCUT2D eigenvalue weighted by Crippen LogP contribution is 2.28. The van der Waals surface area contributed by atoms with Crippen molar-refractivity contribution in [2.24, 2.45) is 11.1 Å². The molecule has 2 unspecified atom stereocenters. The molecule has 2 N–H and O–H groups in total. The zero-order chi connectivity index (χ0) is 12.3. The van der Waals surface area contributed by atoms with Gasteiger partial charge in [-0.05, 0) is 24.0 Å². The fourth-order valence-electron chi connectivity index (χ4n) is 1.97. The summed E-state index contributed by atoms with van der Waals surface area (Å²) in [5.74, 6) is 0. The highest BCUT2D eigenvalue weighted by Gasteiger charge is 2.30. The van der Waals surface area contributed by atoms with Crippen molar-refractivity contribution in [2.75, 3.05) is 7.11 Å². The highest BCUT2D eigenvalue weighted by molar-refractivity contribution is 7.16. The maximum Gasteiger partial charge on any atom is 0.0931 e. The molecule has 4 heteroatoms. The maximum atomic E-state index is 6.19. The van der Waals surface area contributed by atoms with Gasteiger partial charge in [-0.3, -0.25) is 0 Å². The van der Waals surface area contributed by atoms with Gasteiger partial charge >= 0.3 is 0 Å². The summed E-state index contributed by atoms with van der Waals surface area (Å²) in [4.78, 5) is 1.21. The monoisotopic (exact) mass is 261 g/mol. The normalized spacial score (nSPS) is 16.1. The number of hydrogen-bond donors (Lipinski definition) is 1. The van der Waals surface area contributed by atoms with Crippen LogP contribution >= 0.6 is 22.9 Å². The number of halogens is 1. The first kappa shape index (κ1) is 14.0. The second-order valence-corrected chi connectivity index (χ2v) is 6.90. The Balaban J connectivity index is 2.66. The van der Waals surface area contributed by atoms with Gasteiger partial charge in [0, 0.05) is 18.0 Å². The van der Waals surface area contributed by atoms with Gasteiger partial charge in [0.2, 0.25) is 0 Å². The van der Waals surface area contributed by atoms with E-state index in [0.717, 1.165) is 10.8 Å². The molecule has 2 nitrogen and oxygen atoms in total. The predicted octanol–water partition coefficient (Wildman–Crippen LogP) is 3.33. The third-order valence-electron chi connectivity index (χ3n) is 2.56. The van der Waals surface area contributed by atoms with E-state index in [0.29, 0.717) is 0 Å². The SMILES string of the molecule is COC(C(N)Cc1ccc(Cl)s1)C(C)(C)C. The molecule has 0 radical (unpaired) electrons. The topological polar surface area (TPSA) is 35.2 Å². The summed E-state index contributed by atoms with van der Waals surface area (Å²) >= 11 is 7.48. The van der Waals surface area contributed by atoms with E-state index in [1.807, 2.05) is 12.1 Å².